The fourth-order valence-electron chi connectivity index (χ4n) is 1.30. The third-order valence-corrected chi connectivity index (χ3v) is 2.35. The van der Waals surface area contributed by atoms with Crippen molar-refractivity contribution in [1.82, 2.24) is 5.32 Å². The maximum atomic E-state index is 10.9. The quantitative estimate of drug-likeness (QED) is 0.697. The Morgan fingerprint density at radius 2 is 2.29 bits per heavy atom. The fraction of sp³-hybridized carbons (Fsp3) is 0.308. The van der Waals surface area contributed by atoms with Crippen molar-refractivity contribution in [3.8, 4) is 5.75 Å². The summed E-state index contributed by atoms with van der Waals surface area (Å²) in [6, 6.07) is 7.29. The molecule has 1 atom stereocenters. The third-order valence-electron chi connectivity index (χ3n) is 2.35. The van der Waals surface area contributed by atoms with Crippen molar-refractivity contribution in [2.75, 3.05) is 6.61 Å². The normalized spacial score (nSPS) is 11.8. The van der Waals surface area contributed by atoms with Crippen LogP contribution >= 0.6 is 0 Å². The predicted octanol–water partition coefficient (Wildman–Crippen LogP) is 1.21. The van der Waals surface area contributed by atoms with Crippen molar-refractivity contribution in [2.24, 2.45) is 5.73 Å². The Morgan fingerprint density at radius 1 is 1.59 bits per heavy atom. The van der Waals surface area contributed by atoms with Crippen LogP contribution in [0.3, 0.4) is 0 Å². The van der Waals surface area contributed by atoms with Gasteiger partial charge in [0.15, 0.2) is 0 Å². The van der Waals surface area contributed by atoms with Crippen LogP contribution in [-0.4, -0.2) is 18.6 Å². The first-order valence-corrected chi connectivity index (χ1v) is 5.49. The van der Waals surface area contributed by atoms with Crippen LogP contribution in [0.2, 0.25) is 0 Å². The van der Waals surface area contributed by atoms with Gasteiger partial charge in [0.1, 0.15) is 12.4 Å². The zero-order chi connectivity index (χ0) is 12.7. The van der Waals surface area contributed by atoms with E-state index in [1.807, 2.05) is 24.3 Å². The molecule has 0 aromatic heterocycles. The zero-order valence-electron chi connectivity index (χ0n) is 9.98. The largest absolute Gasteiger partial charge is 0.489 e. The number of para-hydroxylation sites is 1. The zero-order valence-corrected chi connectivity index (χ0v) is 9.98. The molecule has 17 heavy (non-hydrogen) atoms. The number of nitrogens with two attached hydrogens (primary N) is 1. The highest BCUT2D eigenvalue weighted by atomic mass is 16.5. The standard InChI is InChI=1S/C13H18N2O2/c1-3-8-17-12-7-5-4-6-11(12)9-15-10(2)13(14)16/h3-7,10,15H,1,8-9H2,2H3,(H2,14,16). The van der Waals surface area contributed by atoms with Crippen LogP contribution in [0.15, 0.2) is 36.9 Å². The van der Waals surface area contributed by atoms with Crippen molar-refractivity contribution in [3.63, 3.8) is 0 Å². The highest BCUT2D eigenvalue weighted by molar-refractivity contribution is 5.79. The molecule has 1 aromatic rings. The van der Waals surface area contributed by atoms with Gasteiger partial charge in [0, 0.05) is 12.1 Å². The molecule has 4 heteroatoms. The second-order valence-corrected chi connectivity index (χ2v) is 3.71. The van der Waals surface area contributed by atoms with E-state index < -0.39 is 0 Å². The summed E-state index contributed by atoms with van der Waals surface area (Å²) in [7, 11) is 0. The van der Waals surface area contributed by atoms with Crippen LogP contribution in [0.4, 0.5) is 0 Å². The van der Waals surface area contributed by atoms with Gasteiger partial charge in [0.25, 0.3) is 0 Å². The van der Waals surface area contributed by atoms with Gasteiger partial charge in [0.05, 0.1) is 6.04 Å². The Hall–Kier alpha value is -1.81. The minimum Gasteiger partial charge on any atom is -0.489 e. The van der Waals surface area contributed by atoms with Gasteiger partial charge in [-0.1, -0.05) is 30.9 Å². The second kappa shape index (κ2) is 6.70. The van der Waals surface area contributed by atoms with E-state index in [2.05, 4.69) is 11.9 Å². The van der Waals surface area contributed by atoms with Crippen LogP contribution in [0.5, 0.6) is 5.75 Å². The molecule has 1 amide bonds. The molecular weight excluding hydrogens is 216 g/mol. The average molecular weight is 234 g/mol. The molecule has 3 N–H and O–H groups in total. The van der Waals surface area contributed by atoms with E-state index in [-0.39, 0.29) is 11.9 Å². The van der Waals surface area contributed by atoms with E-state index in [4.69, 9.17) is 10.5 Å². The minimum atomic E-state index is -0.366. The van der Waals surface area contributed by atoms with Crippen molar-refractivity contribution in [3.05, 3.63) is 42.5 Å². The number of nitrogens with one attached hydrogen (secondary N) is 1. The third kappa shape index (κ3) is 4.28. The highest BCUT2D eigenvalue weighted by Gasteiger charge is 2.09. The number of rotatable bonds is 7. The van der Waals surface area contributed by atoms with Crippen molar-refractivity contribution in [1.29, 1.82) is 0 Å². The van der Waals surface area contributed by atoms with E-state index >= 15 is 0 Å². The van der Waals surface area contributed by atoms with Gasteiger partial charge in [-0.25, -0.2) is 0 Å². The van der Waals surface area contributed by atoms with Crippen LogP contribution in [0, 0.1) is 0 Å². The molecule has 0 spiro atoms. The number of carbonyl (C=O) groups excluding carboxylic acids is 1. The molecule has 0 heterocycles. The summed E-state index contributed by atoms with van der Waals surface area (Å²) >= 11 is 0. The summed E-state index contributed by atoms with van der Waals surface area (Å²) in [6.07, 6.45) is 1.69. The van der Waals surface area contributed by atoms with Crippen LogP contribution in [0.1, 0.15) is 12.5 Å². The van der Waals surface area contributed by atoms with Gasteiger partial charge in [-0.3, -0.25) is 4.79 Å². The monoisotopic (exact) mass is 234 g/mol. The Balaban J connectivity index is 2.63. The predicted molar refractivity (Wildman–Crippen MR) is 67.6 cm³/mol. The molecule has 0 bridgehead atoms. The Morgan fingerprint density at radius 3 is 2.94 bits per heavy atom. The summed E-state index contributed by atoms with van der Waals surface area (Å²) in [6.45, 7) is 6.33. The molecule has 1 unspecified atom stereocenters. The molecule has 4 nitrogen and oxygen atoms in total. The van der Waals surface area contributed by atoms with Crippen LogP contribution in [-0.2, 0) is 11.3 Å². The lowest BCUT2D eigenvalue weighted by Crippen LogP contribution is -2.38. The van der Waals surface area contributed by atoms with E-state index in [0.717, 1.165) is 11.3 Å². The molecule has 92 valence electrons. The van der Waals surface area contributed by atoms with Gasteiger partial charge in [-0.2, -0.15) is 0 Å². The topological polar surface area (TPSA) is 64.3 Å². The Labute approximate surface area is 101 Å². The first-order valence-electron chi connectivity index (χ1n) is 5.49. The molecule has 0 fully saturated rings. The first-order chi connectivity index (χ1) is 8.15. The van der Waals surface area contributed by atoms with Crippen molar-refractivity contribution < 1.29 is 9.53 Å². The van der Waals surface area contributed by atoms with E-state index in [9.17, 15) is 4.79 Å². The van der Waals surface area contributed by atoms with Gasteiger partial charge in [0.2, 0.25) is 5.91 Å². The first kappa shape index (κ1) is 13.3. The van der Waals surface area contributed by atoms with Crippen LogP contribution in [0.25, 0.3) is 0 Å². The number of amides is 1. The molecule has 0 saturated carbocycles. The maximum absolute atomic E-state index is 10.9. The summed E-state index contributed by atoms with van der Waals surface area (Å²) in [5, 5.41) is 3.03. The average Bonchev–Trinajstić information content (AvgIpc) is 2.34. The van der Waals surface area contributed by atoms with E-state index in [1.165, 1.54) is 0 Å². The number of hydrogen-bond acceptors (Lipinski definition) is 3. The molecule has 0 radical (unpaired) electrons. The maximum Gasteiger partial charge on any atom is 0.234 e. The fourth-order valence-corrected chi connectivity index (χ4v) is 1.30. The number of ether oxygens (including phenoxy) is 1. The molecule has 0 aliphatic carbocycles. The van der Waals surface area contributed by atoms with Gasteiger partial charge in [-0.05, 0) is 13.0 Å². The molecule has 0 aliphatic rings. The molecule has 0 saturated heterocycles. The number of benzene rings is 1. The molecule has 1 rings (SSSR count). The summed E-state index contributed by atoms with van der Waals surface area (Å²) in [5.41, 5.74) is 6.16. The molecule has 1 aromatic carbocycles. The van der Waals surface area contributed by atoms with Gasteiger partial charge >= 0.3 is 0 Å². The number of hydrogen-bond donors (Lipinski definition) is 2. The summed E-state index contributed by atoms with van der Waals surface area (Å²) in [4.78, 5) is 10.9. The minimum absolute atomic E-state index is 0.359. The van der Waals surface area contributed by atoms with Crippen molar-refractivity contribution in [2.45, 2.75) is 19.5 Å². The SMILES string of the molecule is C=CCOc1ccccc1CNC(C)C(N)=O. The summed E-state index contributed by atoms with van der Waals surface area (Å²) in [5.74, 6) is 0.422. The number of primary amides is 1. The molecule has 0 aliphatic heterocycles. The van der Waals surface area contributed by atoms with E-state index in [1.54, 1.807) is 13.0 Å². The van der Waals surface area contributed by atoms with Crippen LogP contribution < -0.4 is 15.8 Å². The lowest BCUT2D eigenvalue weighted by molar-refractivity contribution is -0.119. The van der Waals surface area contributed by atoms with Gasteiger partial charge < -0.3 is 15.8 Å². The second-order valence-electron chi connectivity index (χ2n) is 3.71. The van der Waals surface area contributed by atoms with E-state index in [0.29, 0.717) is 13.2 Å². The molecular formula is C13H18N2O2. The van der Waals surface area contributed by atoms with Crippen molar-refractivity contribution >= 4 is 5.91 Å². The smallest absolute Gasteiger partial charge is 0.234 e. The highest BCUT2D eigenvalue weighted by Crippen LogP contribution is 2.17. The Bertz CT molecular complexity index is 391. The lowest BCUT2D eigenvalue weighted by atomic mass is 10.2. The lowest BCUT2D eigenvalue weighted by Gasteiger charge is -2.13. The number of carbonyl (C=O) groups is 1. The Kier molecular flexibility index (Phi) is 5.23. The van der Waals surface area contributed by atoms with Gasteiger partial charge in [-0.15, -0.1) is 0 Å². The summed E-state index contributed by atoms with van der Waals surface area (Å²) < 4.78 is 5.50.